The van der Waals surface area contributed by atoms with E-state index in [-0.39, 0.29) is 5.41 Å². The van der Waals surface area contributed by atoms with Gasteiger partial charge in [0.1, 0.15) is 0 Å². The zero-order valence-electron chi connectivity index (χ0n) is 12.6. The highest BCUT2D eigenvalue weighted by molar-refractivity contribution is 5.45. The van der Waals surface area contributed by atoms with Crippen LogP contribution in [0.15, 0.2) is 18.3 Å². The van der Waals surface area contributed by atoms with E-state index in [1.165, 1.54) is 12.8 Å². The van der Waals surface area contributed by atoms with Crippen LogP contribution in [0.25, 0.3) is 0 Å². The third kappa shape index (κ3) is 2.26. The molecule has 3 unspecified atom stereocenters. The van der Waals surface area contributed by atoms with Crippen molar-refractivity contribution in [3.05, 3.63) is 18.3 Å². The predicted molar refractivity (Wildman–Crippen MR) is 79.1 cm³/mol. The number of hydrogen-bond donors (Lipinski definition) is 1. The van der Waals surface area contributed by atoms with Crippen molar-refractivity contribution in [2.45, 2.75) is 45.8 Å². The van der Waals surface area contributed by atoms with Gasteiger partial charge >= 0.3 is 0 Å². The van der Waals surface area contributed by atoms with Crippen LogP contribution in [0.4, 0.5) is 5.69 Å². The molecule has 0 aromatic carbocycles. The fourth-order valence-electron chi connectivity index (χ4n) is 3.69. The molecule has 1 aromatic rings. The molecule has 0 radical (unpaired) electrons. The van der Waals surface area contributed by atoms with Crippen molar-refractivity contribution in [3.8, 4) is 5.88 Å². The van der Waals surface area contributed by atoms with Crippen molar-refractivity contribution in [2.75, 3.05) is 18.5 Å². The summed E-state index contributed by atoms with van der Waals surface area (Å²) in [6.45, 7) is 8.12. The Morgan fingerprint density at radius 3 is 3.00 bits per heavy atom. The summed E-state index contributed by atoms with van der Waals surface area (Å²) in [5, 5.41) is 3.64. The van der Waals surface area contributed by atoms with Gasteiger partial charge in [0.05, 0.1) is 24.6 Å². The third-order valence-electron chi connectivity index (χ3n) is 4.68. The molecule has 0 bridgehead atoms. The number of anilines is 1. The smallest absolute Gasteiger partial charge is 0.213 e. The van der Waals surface area contributed by atoms with Gasteiger partial charge in [-0.2, -0.15) is 0 Å². The summed E-state index contributed by atoms with van der Waals surface area (Å²) in [5.74, 6) is 1.31. The van der Waals surface area contributed by atoms with E-state index in [0.29, 0.717) is 30.6 Å². The molecule has 1 saturated carbocycles. The van der Waals surface area contributed by atoms with Crippen molar-refractivity contribution in [3.63, 3.8) is 0 Å². The van der Waals surface area contributed by atoms with E-state index in [1.807, 2.05) is 25.3 Å². The highest BCUT2D eigenvalue weighted by Gasteiger charge is 2.57. The molecule has 1 aliphatic carbocycles. The molecule has 4 heteroatoms. The molecule has 1 aromatic heterocycles. The molecule has 0 amide bonds. The van der Waals surface area contributed by atoms with Gasteiger partial charge in [-0.25, -0.2) is 4.98 Å². The second kappa shape index (κ2) is 5.24. The molecule has 4 nitrogen and oxygen atoms in total. The minimum absolute atomic E-state index is 0.184. The second-order valence-electron chi connectivity index (χ2n) is 6.36. The van der Waals surface area contributed by atoms with E-state index in [2.05, 4.69) is 24.1 Å². The molecule has 3 atom stereocenters. The summed E-state index contributed by atoms with van der Waals surface area (Å²) in [5.41, 5.74) is 1.25. The lowest BCUT2D eigenvalue weighted by atomic mass is 9.55. The monoisotopic (exact) mass is 276 g/mol. The maximum absolute atomic E-state index is 5.94. The first kappa shape index (κ1) is 13.7. The van der Waals surface area contributed by atoms with Crippen LogP contribution < -0.4 is 10.1 Å². The summed E-state index contributed by atoms with van der Waals surface area (Å²) >= 11 is 0. The minimum atomic E-state index is 0.184. The molecular weight excluding hydrogens is 252 g/mol. The molecule has 2 aliphatic rings. The Kier molecular flexibility index (Phi) is 3.59. The Morgan fingerprint density at radius 1 is 1.45 bits per heavy atom. The molecule has 2 heterocycles. The summed E-state index contributed by atoms with van der Waals surface area (Å²) in [4.78, 5) is 4.32. The van der Waals surface area contributed by atoms with Gasteiger partial charge in [-0.05, 0) is 25.8 Å². The van der Waals surface area contributed by atoms with Crippen molar-refractivity contribution >= 4 is 5.69 Å². The average molecular weight is 276 g/mol. The summed E-state index contributed by atoms with van der Waals surface area (Å²) in [6.07, 6.45) is 4.70. The molecule has 0 spiro atoms. The second-order valence-corrected chi connectivity index (χ2v) is 6.36. The van der Waals surface area contributed by atoms with Crippen molar-refractivity contribution in [1.29, 1.82) is 0 Å². The van der Waals surface area contributed by atoms with E-state index >= 15 is 0 Å². The van der Waals surface area contributed by atoms with Crippen LogP contribution in [0.5, 0.6) is 5.88 Å². The topological polar surface area (TPSA) is 43.4 Å². The average Bonchev–Trinajstić information content (AvgIpc) is 2.47. The van der Waals surface area contributed by atoms with E-state index < -0.39 is 0 Å². The first-order chi connectivity index (χ1) is 9.63. The van der Waals surface area contributed by atoms with Gasteiger partial charge in [-0.1, -0.05) is 13.8 Å². The number of ether oxygens (including phenoxy) is 2. The highest BCUT2D eigenvalue weighted by atomic mass is 16.5. The Hall–Kier alpha value is -1.29. The lowest BCUT2D eigenvalue weighted by Gasteiger charge is -2.60. The number of nitrogens with zero attached hydrogens (tertiary/aromatic N) is 1. The molecule has 20 heavy (non-hydrogen) atoms. The predicted octanol–water partition coefficient (Wildman–Crippen LogP) is 3.10. The lowest BCUT2D eigenvalue weighted by Crippen LogP contribution is -2.67. The van der Waals surface area contributed by atoms with E-state index in [1.54, 1.807) is 0 Å². The number of nitrogens with one attached hydrogen (secondary N) is 1. The first-order valence-corrected chi connectivity index (χ1v) is 7.60. The van der Waals surface area contributed by atoms with Gasteiger partial charge in [0.15, 0.2) is 0 Å². The summed E-state index contributed by atoms with van der Waals surface area (Å²) < 4.78 is 11.3. The number of aromatic nitrogens is 1. The van der Waals surface area contributed by atoms with Gasteiger partial charge in [0.25, 0.3) is 0 Å². The van der Waals surface area contributed by atoms with E-state index in [4.69, 9.17) is 9.47 Å². The maximum atomic E-state index is 5.94. The van der Waals surface area contributed by atoms with E-state index in [9.17, 15) is 0 Å². The number of hydrogen-bond acceptors (Lipinski definition) is 4. The normalized spacial score (nSPS) is 31.1. The fourth-order valence-corrected chi connectivity index (χ4v) is 3.69. The Labute approximate surface area is 120 Å². The fraction of sp³-hybridized carbons (Fsp3) is 0.688. The van der Waals surface area contributed by atoms with Crippen LogP contribution in [0, 0.1) is 11.3 Å². The highest BCUT2D eigenvalue weighted by Crippen LogP contribution is 2.52. The van der Waals surface area contributed by atoms with Gasteiger partial charge in [0, 0.05) is 30.0 Å². The van der Waals surface area contributed by atoms with Crippen molar-refractivity contribution < 1.29 is 9.47 Å². The Morgan fingerprint density at radius 2 is 2.30 bits per heavy atom. The van der Waals surface area contributed by atoms with Gasteiger partial charge in [0.2, 0.25) is 5.88 Å². The number of fused-ring (bicyclic) bond motifs is 1. The van der Waals surface area contributed by atoms with Crippen LogP contribution >= 0.6 is 0 Å². The van der Waals surface area contributed by atoms with Gasteiger partial charge < -0.3 is 14.8 Å². The van der Waals surface area contributed by atoms with Gasteiger partial charge in [-0.15, -0.1) is 0 Å². The third-order valence-corrected chi connectivity index (χ3v) is 4.68. The number of rotatable bonds is 4. The van der Waals surface area contributed by atoms with Crippen LogP contribution in [-0.4, -0.2) is 30.3 Å². The van der Waals surface area contributed by atoms with E-state index in [0.717, 1.165) is 12.3 Å². The van der Waals surface area contributed by atoms with Crippen LogP contribution in [0.1, 0.15) is 33.6 Å². The SMILES string of the molecule is CCOc1ccc(NC2C3CCCOC3C2(C)C)cn1. The summed E-state index contributed by atoms with van der Waals surface area (Å²) in [6, 6.07) is 4.43. The molecule has 2 fully saturated rings. The number of pyridine rings is 1. The molecule has 1 N–H and O–H groups in total. The van der Waals surface area contributed by atoms with Crippen LogP contribution in [-0.2, 0) is 4.74 Å². The van der Waals surface area contributed by atoms with Gasteiger partial charge in [-0.3, -0.25) is 0 Å². The van der Waals surface area contributed by atoms with Crippen molar-refractivity contribution in [1.82, 2.24) is 4.98 Å². The maximum Gasteiger partial charge on any atom is 0.213 e. The molecular formula is C16H24N2O2. The Bertz CT molecular complexity index is 458. The Balaban J connectivity index is 1.67. The van der Waals surface area contributed by atoms with Crippen molar-refractivity contribution in [2.24, 2.45) is 11.3 Å². The zero-order chi connectivity index (χ0) is 14.2. The molecule has 3 rings (SSSR count). The quantitative estimate of drug-likeness (QED) is 0.917. The minimum Gasteiger partial charge on any atom is -0.478 e. The molecule has 1 aliphatic heterocycles. The lowest BCUT2D eigenvalue weighted by molar-refractivity contribution is -0.177. The van der Waals surface area contributed by atoms with Crippen LogP contribution in [0.3, 0.4) is 0 Å². The largest absolute Gasteiger partial charge is 0.478 e. The summed E-state index contributed by atoms with van der Waals surface area (Å²) in [7, 11) is 0. The van der Waals surface area contributed by atoms with Crippen LogP contribution in [0.2, 0.25) is 0 Å². The first-order valence-electron chi connectivity index (χ1n) is 7.60. The molecule has 1 saturated heterocycles. The molecule has 110 valence electrons. The zero-order valence-corrected chi connectivity index (χ0v) is 12.6. The standard InChI is InChI=1S/C16H24N2O2/c1-4-19-13-8-7-11(10-17-13)18-14-12-6-5-9-20-15(12)16(14,2)3/h7-8,10,12,14-15,18H,4-6,9H2,1-3H3.